The maximum absolute atomic E-state index is 10.1. The Hall–Kier alpha value is -1.28. The third kappa shape index (κ3) is 2.60. The lowest BCUT2D eigenvalue weighted by molar-refractivity contribution is -0.104. The minimum Gasteiger partial charge on any atom is -0.496 e. The molecule has 0 aliphatic heterocycles. The Morgan fingerprint density at radius 1 is 1.46 bits per heavy atom. The maximum Gasteiger partial charge on any atom is 0.142 e. The Morgan fingerprint density at radius 2 is 2.23 bits per heavy atom. The van der Waals surface area contributed by atoms with Crippen LogP contribution in [0, 0.1) is 0 Å². The van der Waals surface area contributed by atoms with Gasteiger partial charge in [-0.3, -0.25) is 4.79 Å². The van der Waals surface area contributed by atoms with Gasteiger partial charge in [-0.2, -0.15) is 0 Å². The lowest BCUT2D eigenvalue weighted by atomic mass is 10.2. The van der Waals surface area contributed by atoms with E-state index in [0.29, 0.717) is 17.1 Å². The summed E-state index contributed by atoms with van der Waals surface area (Å²) in [4.78, 5) is 10.1. The van der Waals surface area contributed by atoms with E-state index in [4.69, 9.17) is 16.3 Å². The minimum absolute atomic E-state index is 0.617. The summed E-state index contributed by atoms with van der Waals surface area (Å²) in [6, 6.07) is 5.23. The van der Waals surface area contributed by atoms with Gasteiger partial charge in [0.2, 0.25) is 0 Å². The number of carbonyl (C=O) groups is 1. The van der Waals surface area contributed by atoms with Gasteiger partial charge < -0.3 is 4.74 Å². The second-order valence-corrected chi connectivity index (χ2v) is 2.82. The van der Waals surface area contributed by atoms with E-state index in [1.165, 1.54) is 6.08 Å². The normalized spacial score (nSPS) is 10.3. The van der Waals surface area contributed by atoms with E-state index in [0.717, 1.165) is 5.56 Å². The summed E-state index contributed by atoms with van der Waals surface area (Å²) in [6.45, 7) is 0. The van der Waals surface area contributed by atoms with Crippen molar-refractivity contribution in [3.8, 4) is 5.75 Å². The molecule has 2 nitrogen and oxygen atoms in total. The van der Waals surface area contributed by atoms with Gasteiger partial charge in [0, 0.05) is 10.6 Å². The molecule has 68 valence electrons. The Labute approximate surface area is 81.8 Å². The predicted molar refractivity (Wildman–Crippen MR) is 53.1 cm³/mol. The summed E-state index contributed by atoms with van der Waals surface area (Å²) in [5.74, 6) is 0.697. The fraction of sp³-hybridized carbons (Fsp3) is 0.100. The summed E-state index contributed by atoms with van der Waals surface area (Å²) < 4.78 is 5.07. The van der Waals surface area contributed by atoms with E-state index in [1.807, 2.05) is 0 Å². The molecule has 1 rings (SSSR count). The van der Waals surface area contributed by atoms with E-state index in [-0.39, 0.29) is 0 Å². The molecule has 0 aliphatic rings. The molecule has 0 bridgehead atoms. The molecule has 1 aromatic carbocycles. The van der Waals surface area contributed by atoms with Crippen molar-refractivity contribution in [1.82, 2.24) is 0 Å². The van der Waals surface area contributed by atoms with Gasteiger partial charge in [0.1, 0.15) is 12.0 Å². The first kappa shape index (κ1) is 9.81. The molecule has 0 heterocycles. The van der Waals surface area contributed by atoms with Crippen molar-refractivity contribution in [2.24, 2.45) is 0 Å². The molecule has 0 saturated heterocycles. The summed E-state index contributed by atoms with van der Waals surface area (Å²) in [5.41, 5.74) is 0.794. The highest BCUT2D eigenvalue weighted by molar-refractivity contribution is 6.30. The molecule has 0 radical (unpaired) electrons. The standard InChI is InChI=1S/C10H9ClO2/c1-13-10-5-4-9(11)7-8(10)3-2-6-12/h2-7H,1H3/b3-2-. The van der Waals surface area contributed by atoms with E-state index in [1.54, 1.807) is 31.4 Å². The molecule has 0 N–H and O–H groups in total. The van der Waals surface area contributed by atoms with Crippen LogP contribution in [0.3, 0.4) is 0 Å². The number of carbonyl (C=O) groups excluding carboxylic acids is 1. The molecule has 3 heteroatoms. The SMILES string of the molecule is COc1ccc(Cl)cc1/C=C\C=O. The number of halogens is 1. The van der Waals surface area contributed by atoms with Gasteiger partial charge in [-0.25, -0.2) is 0 Å². The molecule has 13 heavy (non-hydrogen) atoms. The molecule has 0 amide bonds. The third-order valence-corrected chi connectivity index (χ3v) is 1.78. The zero-order valence-electron chi connectivity index (χ0n) is 7.16. The molecular weight excluding hydrogens is 188 g/mol. The minimum atomic E-state index is 0.617. The predicted octanol–water partition coefficient (Wildman–Crippen LogP) is 2.56. The van der Waals surface area contributed by atoms with Crippen molar-refractivity contribution in [2.75, 3.05) is 7.11 Å². The molecular formula is C10H9ClO2. The topological polar surface area (TPSA) is 26.3 Å². The number of ether oxygens (including phenoxy) is 1. The average Bonchev–Trinajstić information content (AvgIpc) is 2.15. The van der Waals surface area contributed by atoms with Crippen LogP contribution in [-0.4, -0.2) is 13.4 Å². The summed E-state index contributed by atoms with van der Waals surface area (Å²) in [5, 5.41) is 0.617. The van der Waals surface area contributed by atoms with Crippen LogP contribution in [0.5, 0.6) is 5.75 Å². The number of allylic oxidation sites excluding steroid dienone is 1. The Balaban J connectivity index is 3.07. The number of rotatable bonds is 3. The van der Waals surface area contributed by atoms with Crippen LogP contribution >= 0.6 is 11.6 Å². The van der Waals surface area contributed by atoms with Crippen LogP contribution in [-0.2, 0) is 4.79 Å². The number of methoxy groups -OCH3 is 1. The first-order valence-corrected chi connectivity index (χ1v) is 4.11. The fourth-order valence-electron chi connectivity index (χ4n) is 0.978. The molecule has 0 atom stereocenters. The van der Waals surface area contributed by atoms with Gasteiger partial charge in [0.25, 0.3) is 0 Å². The Bertz CT molecular complexity index is 332. The second kappa shape index (κ2) is 4.67. The lowest BCUT2D eigenvalue weighted by Gasteiger charge is -2.03. The number of benzene rings is 1. The van der Waals surface area contributed by atoms with E-state index >= 15 is 0 Å². The van der Waals surface area contributed by atoms with Gasteiger partial charge in [0.05, 0.1) is 7.11 Å². The Morgan fingerprint density at radius 3 is 2.85 bits per heavy atom. The zero-order valence-corrected chi connectivity index (χ0v) is 7.91. The van der Waals surface area contributed by atoms with E-state index < -0.39 is 0 Å². The molecule has 0 saturated carbocycles. The van der Waals surface area contributed by atoms with Gasteiger partial charge in [-0.15, -0.1) is 0 Å². The monoisotopic (exact) mass is 196 g/mol. The van der Waals surface area contributed by atoms with Crippen LogP contribution in [0.4, 0.5) is 0 Å². The summed E-state index contributed by atoms with van der Waals surface area (Å²) in [7, 11) is 1.57. The highest BCUT2D eigenvalue weighted by atomic mass is 35.5. The zero-order chi connectivity index (χ0) is 9.68. The first-order valence-electron chi connectivity index (χ1n) is 3.73. The van der Waals surface area contributed by atoms with Crippen molar-refractivity contribution in [3.05, 3.63) is 34.9 Å². The summed E-state index contributed by atoms with van der Waals surface area (Å²) >= 11 is 5.77. The number of aldehydes is 1. The highest BCUT2D eigenvalue weighted by Gasteiger charge is 1.99. The third-order valence-electron chi connectivity index (χ3n) is 1.55. The van der Waals surface area contributed by atoms with Crippen LogP contribution in [0.2, 0.25) is 5.02 Å². The lowest BCUT2D eigenvalue weighted by Crippen LogP contribution is -1.86. The van der Waals surface area contributed by atoms with Crippen LogP contribution in [0.15, 0.2) is 24.3 Å². The van der Waals surface area contributed by atoms with E-state index in [9.17, 15) is 4.79 Å². The molecule has 0 aliphatic carbocycles. The molecule has 0 aromatic heterocycles. The van der Waals surface area contributed by atoms with Crippen LogP contribution < -0.4 is 4.74 Å². The maximum atomic E-state index is 10.1. The quantitative estimate of drug-likeness (QED) is 0.549. The van der Waals surface area contributed by atoms with Crippen LogP contribution in [0.1, 0.15) is 5.56 Å². The molecule has 0 unspecified atom stereocenters. The second-order valence-electron chi connectivity index (χ2n) is 2.38. The van der Waals surface area contributed by atoms with Gasteiger partial charge in [0.15, 0.2) is 0 Å². The Kier molecular flexibility index (Phi) is 3.53. The van der Waals surface area contributed by atoms with Crippen molar-refractivity contribution in [2.45, 2.75) is 0 Å². The summed E-state index contributed by atoms with van der Waals surface area (Å²) in [6.07, 6.45) is 3.76. The average molecular weight is 197 g/mol. The van der Waals surface area contributed by atoms with Crippen molar-refractivity contribution in [3.63, 3.8) is 0 Å². The highest BCUT2D eigenvalue weighted by Crippen LogP contribution is 2.23. The van der Waals surface area contributed by atoms with Crippen LogP contribution in [0.25, 0.3) is 6.08 Å². The first-order chi connectivity index (χ1) is 6.27. The van der Waals surface area contributed by atoms with Gasteiger partial charge >= 0.3 is 0 Å². The molecule has 0 spiro atoms. The molecule has 1 aromatic rings. The van der Waals surface area contributed by atoms with Crippen molar-refractivity contribution >= 4 is 24.0 Å². The van der Waals surface area contributed by atoms with Gasteiger partial charge in [-0.05, 0) is 30.4 Å². The molecule has 0 fully saturated rings. The van der Waals surface area contributed by atoms with Gasteiger partial charge in [-0.1, -0.05) is 11.6 Å². The van der Waals surface area contributed by atoms with E-state index in [2.05, 4.69) is 0 Å². The smallest absolute Gasteiger partial charge is 0.142 e. The number of hydrogen-bond acceptors (Lipinski definition) is 2. The fourth-order valence-corrected chi connectivity index (χ4v) is 1.16. The van der Waals surface area contributed by atoms with Crippen molar-refractivity contribution < 1.29 is 9.53 Å². The largest absolute Gasteiger partial charge is 0.496 e. The number of hydrogen-bond donors (Lipinski definition) is 0. The van der Waals surface area contributed by atoms with Crippen molar-refractivity contribution in [1.29, 1.82) is 0 Å².